The summed E-state index contributed by atoms with van der Waals surface area (Å²) in [5.41, 5.74) is 1.94. The fourth-order valence-electron chi connectivity index (χ4n) is 1.05. The van der Waals surface area contributed by atoms with E-state index in [1.54, 1.807) is 12.1 Å². The molecule has 2 aromatic rings. The van der Waals surface area contributed by atoms with Gasteiger partial charge in [-0.15, -0.1) is 0 Å². The average Bonchev–Trinajstić information content (AvgIpc) is 2.83. The largest absolute Gasteiger partial charge is 0.463 e. The maximum Gasteiger partial charge on any atom is 0.291 e. The Labute approximate surface area is 95.2 Å². The Balaban J connectivity index is 1.98. The van der Waals surface area contributed by atoms with E-state index in [0.717, 1.165) is 0 Å². The number of hydrogen-bond donors (Lipinski definition) is 2. The molecular formula is C10H8N4O3. The second-order valence-corrected chi connectivity index (χ2v) is 3.02. The van der Waals surface area contributed by atoms with Gasteiger partial charge in [0.25, 0.3) is 11.5 Å². The minimum Gasteiger partial charge on any atom is -0.463 e. The average molecular weight is 232 g/mol. The van der Waals surface area contributed by atoms with Crippen molar-refractivity contribution >= 4 is 12.1 Å². The van der Waals surface area contributed by atoms with E-state index in [9.17, 15) is 9.59 Å². The zero-order chi connectivity index (χ0) is 12.1. The van der Waals surface area contributed by atoms with Crippen LogP contribution in [-0.4, -0.2) is 22.3 Å². The third kappa shape index (κ3) is 2.88. The molecule has 0 saturated heterocycles. The van der Waals surface area contributed by atoms with Crippen LogP contribution >= 0.6 is 0 Å². The lowest BCUT2D eigenvalue weighted by Crippen LogP contribution is -2.21. The summed E-state index contributed by atoms with van der Waals surface area (Å²) in [6.07, 6.45) is 2.84. The number of hydrazone groups is 1. The van der Waals surface area contributed by atoms with Crippen LogP contribution < -0.4 is 11.0 Å². The van der Waals surface area contributed by atoms with Crippen molar-refractivity contribution in [3.05, 3.63) is 52.3 Å². The van der Waals surface area contributed by atoms with E-state index in [1.807, 2.05) is 0 Å². The van der Waals surface area contributed by atoms with Gasteiger partial charge in [0.15, 0.2) is 5.69 Å². The molecule has 0 spiro atoms. The molecule has 17 heavy (non-hydrogen) atoms. The van der Waals surface area contributed by atoms with E-state index < -0.39 is 5.91 Å². The van der Waals surface area contributed by atoms with Crippen LogP contribution in [0.15, 0.2) is 44.8 Å². The van der Waals surface area contributed by atoms with Crippen molar-refractivity contribution in [2.24, 2.45) is 5.10 Å². The number of hydrogen-bond acceptors (Lipinski definition) is 5. The van der Waals surface area contributed by atoms with Gasteiger partial charge in [0, 0.05) is 6.07 Å². The van der Waals surface area contributed by atoms with Gasteiger partial charge < -0.3 is 4.42 Å². The third-order valence-electron chi connectivity index (χ3n) is 1.81. The number of nitrogens with one attached hydrogen (secondary N) is 2. The summed E-state index contributed by atoms with van der Waals surface area (Å²) in [6, 6.07) is 5.90. The zero-order valence-corrected chi connectivity index (χ0v) is 8.58. The fourth-order valence-corrected chi connectivity index (χ4v) is 1.05. The Hall–Kier alpha value is -2.70. The van der Waals surface area contributed by atoms with Gasteiger partial charge in [-0.2, -0.15) is 10.2 Å². The lowest BCUT2D eigenvalue weighted by molar-refractivity contribution is 0.0949. The van der Waals surface area contributed by atoms with Gasteiger partial charge in [0.1, 0.15) is 5.76 Å². The van der Waals surface area contributed by atoms with Crippen LogP contribution in [0.4, 0.5) is 0 Å². The minimum absolute atomic E-state index is 0.0706. The molecule has 2 heterocycles. The molecule has 0 unspecified atom stereocenters. The van der Waals surface area contributed by atoms with Gasteiger partial charge >= 0.3 is 0 Å². The third-order valence-corrected chi connectivity index (χ3v) is 1.81. The second kappa shape index (κ2) is 4.88. The second-order valence-electron chi connectivity index (χ2n) is 3.02. The molecule has 0 aromatic carbocycles. The monoisotopic (exact) mass is 232 g/mol. The number of amides is 1. The van der Waals surface area contributed by atoms with Crippen molar-refractivity contribution in [1.82, 2.24) is 15.6 Å². The van der Waals surface area contributed by atoms with Crippen LogP contribution in [0.2, 0.25) is 0 Å². The number of aromatic nitrogens is 2. The van der Waals surface area contributed by atoms with Gasteiger partial charge in [0.2, 0.25) is 0 Å². The molecule has 7 heteroatoms. The SMILES string of the molecule is O=C(NN=Cc1ccco1)c1ccc(=O)[nH]n1. The van der Waals surface area contributed by atoms with E-state index in [2.05, 4.69) is 20.7 Å². The van der Waals surface area contributed by atoms with Crippen LogP contribution in [-0.2, 0) is 0 Å². The topological polar surface area (TPSA) is 100 Å². The van der Waals surface area contributed by atoms with Gasteiger partial charge in [-0.3, -0.25) is 9.59 Å². The van der Waals surface area contributed by atoms with Crippen LogP contribution in [0.25, 0.3) is 0 Å². The maximum absolute atomic E-state index is 11.4. The molecule has 0 aliphatic rings. The molecule has 0 saturated carbocycles. The van der Waals surface area contributed by atoms with Gasteiger partial charge in [-0.25, -0.2) is 10.5 Å². The molecule has 0 radical (unpaired) electrons. The summed E-state index contributed by atoms with van der Waals surface area (Å²) in [5, 5.41) is 9.36. The van der Waals surface area contributed by atoms with Crippen molar-refractivity contribution in [2.75, 3.05) is 0 Å². The lowest BCUT2D eigenvalue weighted by atomic mass is 10.4. The fraction of sp³-hybridized carbons (Fsp3) is 0. The molecule has 2 N–H and O–H groups in total. The molecule has 0 aliphatic carbocycles. The molecule has 0 atom stereocenters. The Bertz CT molecular complexity index is 565. The number of carbonyl (C=O) groups excluding carboxylic acids is 1. The quantitative estimate of drug-likeness (QED) is 0.580. The highest BCUT2D eigenvalue weighted by Crippen LogP contribution is 1.94. The van der Waals surface area contributed by atoms with Crippen LogP contribution in [0.3, 0.4) is 0 Å². The van der Waals surface area contributed by atoms with Crippen molar-refractivity contribution in [1.29, 1.82) is 0 Å². The Kier molecular flexibility index (Phi) is 3.10. The predicted molar refractivity (Wildman–Crippen MR) is 58.6 cm³/mol. The predicted octanol–water partition coefficient (Wildman–Crippen LogP) is 0.127. The number of aromatic amines is 1. The zero-order valence-electron chi connectivity index (χ0n) is 8.58. The number of carbonyl (C=O) groups is 1. The first-order valence-electron chi connectivity index (χ1n) is 4.68. The number of nitrogens with zero attached hydrogens (tertiary/aromatic N) is 2. The summed E-state index contributed by atoms with van der Waals surface area (Å²) < 4.78 is 4.97. The summed E-state index contributed by atoms with van der Waals surface area (Å²) in [7, 11) is 0. The first-order chi connectivity index (χ1) is 8.25. The van der Waals surface area contributed by atoms with E-state index in [0.29, 0.717) is 5.76 Å². The van der Waals surface area contributed by atoms with Gasteiger partial charge in [-0.1, -0.05) is 0 Å². The van der Waals surface area contributed by atoms with Crippen LogP contribution in [0.1, 0.15) is 16.2 Å². The van der Waals surface area contributed by atoms with Crippen LogP contribution in [0, 0.1) is 0 Å². The van der Waals surface area contributed by atoms with Crippen molar-refractivity contribution in [3.63, 3.8) is 0 Å². The summed E-state index contributed by atoms with van der Waals surface area (Å²) in [5.74, 6) is -0.0104. The molecule has 0 aliphatic heterocycles. The molecule has 0 bridgehead atoms. The molecule has 2 rings (SSSR count). The smallest absolute Gasteiger partial charge is 0.291 e. The number of furan rings is 1. The highest BCUT2D eigenvalue weighted by atomic mass is 16.3. The first kappa shape index (κ1) is 10.8. The van der Waals surface area contributed by atoms with E-state index in [4.69, 9.17) is 4.42 Å². The van der Waals surface area contributed by atoms with Crippen molar-refractivity contribution in [3.8, 4) is 0 Å². The van der Waals surface area contributed by atoms with Gasteiger partial charge in [0.05, 0.1) is 12.5 Å². The van der Waals surface area contributed by atoms with E-state index >= 15 is 0 Å². The summed E-state index contributed by atoms with van der Waals surface area (Å²) in [4.78, 5) is 22.2. The van der Waals surface area contributed by atoms with E-state index in [-0.39, 0.29) is 11.3 Å². The molecule has 86 valence electrons. The first-order valence-corrected chi connectivity index (χ1v) is 4.68. The normalized spacial score (nSPS) is 10.6. The number of H-pyrrole nitrogens is 1. The van der Waals surface area contributed by atoms with E-state index in [1.165, 1.54) is 24.6 Å². The van der Waals surface area contributed by atoms with Crippen LogP contribution in [0.5, 0.6) is 0 Å². The number of rotatable bonds is 3. The molecule has 0 fully saturated rings. The lowest BCUT2D eigenvalue weighted by Gasteiger charge is -1.96. The highest BCUT2D eigenvalue weighted by Gasteiger charge is 2.05. The van der Waals surface area contributed by atoms with Crippen molar-refractivity contribution < 1.29 is 9.21 Å². The van der Waals surface area contributed by atoms with Crippen molar-refractivity contribution in [2.45, 2.75) is 0 Å². The summed E-state index contributed by atoms with van der Waals surface area (Å²) in [6.45, 7) is 0. The maximum atomic E-state index is 11.4. The Morgan fingerprint density at radius 3 is 3.00 bits per heavy atom. The highest BCUT2D eigenvalue weighted by molar-refractivity contribution is 5.92. The Morgan fingerprint density at radius 2 is 2.35 bits per heavy atom. The Morgan fingerprint density at radius 1 is 1.47 bits per heavy atom. The molecule has 2 aromatic heterocycles. The van der Waals surface area contributed by atoms with Gasteiger partial charge in [-0.05, 0) is 18.2 Å². The minimum atomic E-state index is -0.524. The molecular weight excluding hydrogens is 224 g/mol. The summed E-state index contributed by atoms with van der Waals surface area (Å²) >= 11 is 0. The standard InChI is InChI=1S/C10H8N4O3/c15-9-4-3-8(12-13-9)10(16)14-11-6-7-2-1-5-17-7/h1-6H,(H,13,15)(H,14,16). The molecule has 7 nitrogen and oxygen atoms in total. The molecule has 1 amide bonds.